The summed E-state index contributed by atoms with van der Waals surface area (Å²) in [5.41, 5.74) is 3.11. The summed E-state index contributed by atoms with van der Waals surface area (Å²) in [4.78, 5) is 28.5. The van der Waals surface area contributed by atoms with Gasteiger partial charge in [-0.1, -0.05) is 12.1 Å². The van der Waals surface area contributed by atoms with Crippen LogP contribution >= 0.6 is 0 Å². The van der Waals surface area contributed by atoms with E-state index in [-0.39, 0.29) is 24.9 Å². The van der Waals surface area contributed by atoms with E-state index < -0.39 is 24.2 Å². The van der Waals surface area contributed by atoms with Crippen molar-refractivity contribution in [2.24, 2.45) is 0 Å². The van der Waals surface area contributed by atoms with E-state index in [1.165, 1.54) is 19.4 Å². The smallest absolute Gasteiger partial charge is 0.411 e. The van der Waals surface area contributed by atoms with Crippen molar-refractivity contribution in [2.45, 2.75) is 25.7 Å². The number of ether oxygens (including phenoxy) is 2. The Bertz CT molecular complexity index is 1340. The first-order valence-electron chi connectivity index (χ1n) is 11.2. The van der Waals surface area contributed by atoms with Gasteiger partial charge in [-0.05, 0) is 30.7 Å². The summed E-state index contributed by atoms with van der Waals surface area (Å²) in [6.45, 7) is 2.25. The van der Waals surface area contributed by atoms with Crippen LogP contribution in [0.15, 0.2) is 42.7 Å². The maximum Gasteiger partial charge on any atom is 0.411 e. The Kier molecular flexibility index (Phi) is 6.25. The lowest BCUT2D eigenvalue weighted by molar-refractivity contribution is 0.0931. The number of benzene rings is 1. The summed E-state index contributed by atoms with van der Waals surface area (Å²) < 4.78 is 26.2. The lowest BCUT2D eigenvalue weighted by Gasteiger charge is -2.29. The molecule has 11 nitrogen and oxygen atoms in total. The molecule has 1 aromatic carbocycles. The molecule has 5 rings (SSSR count). The number of halogens is 1. The first-order chi connectivity index (χ1) is 17.4. The molecule has 1 unspecified atom stereocenters. The summed E-state index contributed by atoms with van der Waals surface area (Å²) in [6.07, 6.45) is 2.96. The molecule has 2 aliphatic rings. The number of carbonyl (C=O) groups is 2. The van der Waals surface area contributed by atoms with Crippen molar-refractivity contribution in [2.75, 3.05) is 24.3 Å². The molecular formula is C24H24FN7O4. The maximum atomic E-state index is 14.0. The number of pyridine rings is 1. The van der Waals surface area contributed by atoms with E-state index in [0.29, 0.717) is 22.6 Å². The SMILES string of the molecule is COC(=O)Nc1ccc(C2=Cn3ncc4c3NC2NCc2cc(F)cnc2O[C@@H](C)CNC4=O)cc1. The molecule has 0 fully saturated rings. The van der Waals surface area contributed by atoms with Crippen molar-refractivity contribution in [1.82, 2.24) is 25.4 Å². The highest BCUT2D eigenvalue weighted by Crippen LogP contribution is 2.31. The van der Waals surface area contributed by atoms with E-state index in [0.717, 1.165) is 17.3 Å². The third-order valence-electron chi connectivity index (χ3n) is 5.80. The second-order valence-electron chi connectivity index (χ2n) is 8.34. The van der Waals surface area contributed by atoms with Crippen molar-refractivity contribution in [3.63, 3.8) is 0 Å². The molecule has 2 aromatic heterocycles. The largest absolute Gasteiger partial charge is 0.473 e. The Morgan fingerprint density at radius 3 is 2.86 bits per heavy atom. The molecule has 2 aliphatic heterocycles. The van der Waals surface area contributed by atoms with Gasteiger partial charge in [0.15, 0.2) is 0 Å². The minimum atomic E-state index is -0.568. The highest BCUT2D eigenvalue weighted by molar-refractivity contribution is 6.00. The average molecular weight is 493 g/mol. The summed E-state index contributed by atoms with van der Waals surface area (Å²) in [7, 11) is 1.29. The molecule has 186 valence electrons. The van der Waals surface area contributed by atoms with Crippen LogP contribution in [0.2, 0.25) is 0 Å². The fourth-order valence-electron chi connectivity index (χ4n) is 3.99. The van der Waals surface area contributed by atoms with Gasteiger partial charge in [0, 0.05) is 29.6 Å². The zero-order valence-electron chi connectivity index (χ0n) is 19.5. The zero-order chi connectivity index (χ0) is 25.2. The minimum Gasteiger partial charge on any atom is -0.473 e. The monoisotopic (exact) mass is 493 g/mol. The average Bonchev–Trinajstić information content (AvgIpc) is 3.29. The molecule has 0 saturated heterocycles. The Hall–Kier alpha value is -4.45. The standard InChI is InChI=1S/C24H24FN7O4/c1-13-8-27-22(33)18-11-29-32-12-19(14-3-5-17(6-4-14)30-24(34)35-2)20(31-21(18)32)26-9-15-7-16(25)10-28-23(15)36-13/h3-7,10-13,20,26,31H,8-9H2,1-2H3,(H,27,33)(H,30,34)/t13-,20?/m0/s1. The predicted molar refractivity (Wildman–Crippen MR) is 130 cm³/mol. The number of hydrogen-bond donors (Lipinski definition) is 4. The van der Waals surface area contributed by atoms with Crippen LogP contribution in [0.1, 0.15) is 28.4 Å². The minimum absolute atomic E-state index is 0.228. The van der Waals surface area contributed by atoms with Crippen LogP contribution in [0.25, 0.3) is 11.8 Å². The molecule has 12 heteroatoms. The fourth-order valence-corrected chi connectivity index (χ4v) is 3.99. The lowest BCUT2D eigenvalue weighted by atomic mass is 10.0. The second-order valence-corrected chi connectivity index (χ2v) is 8.34. The van der Waals surface area contributed by atoms with Gasteiger partial charge >= 0.3 is 6.09 Å². The Labute approximate surface area is 205 Å². The molecule has 4 heterocycles. The van der Waals surface area contributed by atoms with Crippen molar-refractivity contribution >= 4 is 35.3 Å². The topological polar surface area (TPSA) is 131 Å². The van der Waals surface area contributed by atoms with Crippen LogP contribution in [0.3, 0.4) is 0 Å². The Balaban J connectivity index is 1.52. The van der Waals surface area contributed by atoms with Crippen LogP contribution in [0.4, 0.5) is 20.7 Å². The molecule has 36 heavy (non-hydrogen) atoms. The van der Waals surface area contributed by atoms with Crippen LogP contribution < -0.4 is 26.0 Å². The van der Waals surface area contributed by atoms with Gasteiger partial charge in [0.05, 0.1) is 26.0 Å². The van der Waals surface area contributed by atoms with Gasteiger partial charge in [0.2, 0.25) is 5.88 Å². The number of fused-ring (bicyclic) bond motifs is 2. The number of hydrogen-bond acceptors (Lipinski definition) is 8. The van der Waals surface area contributed by atoms with E-state index in [1.807, 2.05) is 18.3 Å². The van der Waals surface area contributed by atoms with Crippen molar-refractivity contribution in [1.29, 1.82) is 0 Å². The third-order valence-corrected chi connectivity index (χ3v) is 5.80. The Morgan fingerprint density at radius 1 is 1.28 bits per heavy atom. The molecule has 2 atom stereocenters. The van der Waals surface area contributed by atoms with Crippen LogP contribution in [0, 0.1) is 5.82 Å². The molecule has 0 spiro atoms. The van der Waals surface area contributed by atoms with Crippen molar-refractivity contribution in [3.05, 3.63) is 65.2 Å². The van der Waals surface area contributed by atoms with E-state index in [9.17, 15) is 14.0 Å². The van der Waals surface area contributed by atoms with Gasteiger partial charge in [-0.15, -0.1) is 0 Å². The zero-order valence-corrected chi connectivity index (χ0v) is 19.5. The van der Waals surface area contributed by atoms with Gasteiger partial charge in [0.25, 0.3) is 5.91 Å². The van der Waals surface area contributed by atoms with Gasteiger partial charge in [-0.2, -0.15) is 5.10 Å². The predicted octanol–water partition coefficient (Wildman–Crippen LogP) is 2.65. The van der Waals surface area contributed by atoms with Gasteiger partial charge in [-0.25, -0.2) is 18.9 Å². The number of nitrogens with one attached hydrogen (secondary N) is 4. The van der Waals surface area contributed by atoms with Gasteiger partial charge in [0.1, 0.15) is 29.5 Å². The summed E-state index contributed by atoms with van der Waals surface area (Å²) >= 11 is 0. The molecule has 0 aliphatic carbocycles. The Morgan fingerprint density at radius 2 is 2.08 bits per heavy atom. The molecule has 4 N–H and O–H groups in total. The normalized spacial score (nSPS) is 19.1. The van der Waals surface area contributed by atoms with E-state index in [1.54, 1.807) is 23.7 Å². The maximum absolute atomic E-state index is 14.0. The van der Waals surface area contributed by atoms with Crippen LogP contribution in [-0.4, -0.2) is 52.7 Å². The van der Waals surface area contributed by atoms with Crippen molar-refractivity contribution in [3.8, 4) is 5.88 Å². The van der Waals surface area contributed by atoms with Crippen LogP contribution in [0.5, 0.6) is 5.88 Å². The number of anilines is 2. The highest BCUT2D eigenvalue weighted by atomic mass is 19.1. The van der Waals surface area contributed by atoms with E-state index in [2.05, 4.69) is 36.1 Å². The highest BCUT2D eigenvalue weighted by Gasteiger charge is 2.28. The number of aromatic nitrogens is 3. The molecular weight excluding hydrogens is 469 g/mol. The number of amides is 2. The van der Waals surface area contributed by atoms with Gasteiger partial charge < -0.3 is 20.1 Å². The molecule has 0 radical (unpaired) electrons. The quantitative estimate of drug-likeness (QED) is 0.429. The summed E-state index contributed by atoms with van der Waals surface area (Å²) in [5.74, 6) is 0.0155. The lowest BCUT2D eigenvalue weighted by Crippen LogP contribution is -2.40. The molecule has 2 amide bonds. The number of nitrogens with zero attached hydrogens (tertiary/aromatic N) is 3. The third kappa shape index (κ3) is 4.70. The number of methoxy groups -OCH3 is 1. The van der Waals surface area contributed by atoms with Crippen LogP contribution in [-0.2, 0) is 11.3 Å². The summed E-state index contributed by atoms with van der Waals surface area (Å²) in [5, 5.41) is 16.5. The molecule has 0 saturated carbocycles. The van der Waals surface area contributed by atoms with E-state index in [4.69, 9.17) is 4.74 Å². The summed E-state index contributed by atoms with van der Waals surface area (Å²) in [6, 6.07) is 8.53. The van der Waals surface area contributed by atoms with Crippen molar-refractivity contribution < 1.29 is 23.5 Å². The number of rotatable bonds is 2. The first-order valence-corrected chi connectivity index (χ1v) is 11.2. The fraction of sp³-hybridized carbons (Fsp3) is 0.250. The number of carbonyl (C=O) groups excluding carboxylic acids is 2. The second kappa shape index (κ2) is 9.66. The van der Waals surface area contributed by atoms with Gasteiger partial charge in [-0.3, -0.25) is 15.4 Å². The molecule has 2 bridgehead atoms. The van der Waals surface area contributed by atoms with E-state index >= 15 is 0 Å². The first kappa shape index (κ1) is 23.3. The molecule has 3 aromatic rings.